The number of hydrogen-bond donors (Lipinski definition) is 1. The summed E-state index contributed by atoms with van der Waals surface area (Å²) in [6, 6.07) is 8.09. The summed E-state index contributed by atoms with van der Waals surface area (Å²) in [5.41, 5.74) is 4.60. The second-order valence-corrected chi connectivity index (χ2v) is 8.15. The van der Waals surface area contributed by atoms with E-state index in [1.54, 1.807) is 11.3 Å². The van der Waals surface area contributed by atoms with Gasteiger partial charge in [-0.15, -0.1) is 22.7 Å². The molecule has 1 atom stereocenters. The average Bonchev–Trinajstić information content (AvgIpc) is 3.30. The Bertz CT molecular complexity index is 1070. The number of benzene rings is 1. The van der Waals surface area contributed by atoms with Crippen molar-refractivity contribution < 1.29 is 4.79 Å². The highest BCUT2D eigenvalue weighted by atomic mass is 32.1. The van der Waals surface area contributed by atoms with E-state index in [1.165, 1.54) is 16.9 Å². The van der Waals surface area contributed by atoms with Crippen LogP contribution in [0.2, 0.25) is 0 Å². The number of hydrogen-bond acceptors (Lipinski definition) is 5. The molecule has 0 saturated heterocycles. The monoisotopic (exact) mass is 382 g/mol. The number of amides is 1. The van der Waals surface area contributed by atoms with E-state index < -0.39 is 0 Å². The molecule has 1 N–H and O–H groups in total. The van der Waals surface area contributed by atoms with Crippen LogP contribution in [-0.4, -0.2) is 20.3 Å². The maximum absolute atomic E-state index is 12.7. The summed E-state index contributed by atoms with van der Waals surface area (Å²) < 4.78 is 1.86. The van der Waals surface area contributed by atoms with Gasteiger partial charge in [0.25, 0.3) is 5.91 Å². The molecule has 3 aromatic heterocycles. The van der Waals surface area contributed by atoms with Gasteiger partial charge in [-0.2, -0.15) is 0 Å². The Morgan fingerprint density at radius 1 is 1.12 bits per heavy atom. The molecule has 132 valence electrons. The van der Waals surface area contributed by atoms with Gasteiger partial charge in [0.1, 0.15) is 5.69 Å². The van der Waals surface area contributed by atoms with Gasteiger partial charge >= 0.3 is 0 Å². The summed E-state index contributed by atoms with van der Waals surface area (Å²) in [4.78, 5) is 22.6. The standard InChI is InChI=1S/C19H18N4OS2/c1-11-4-6-14(7-5-11)15-8-23-17(10-26-19(23)22-15)18(24)20-12(2)16-9-25-13(3)21-16/h4-10,12H,1-3H3,(H,20,24)/t12-/m0/s1. The first-order valence-electron chi connectivity index (χ1n) is 8.28. The van der Waals surface area contributed by atoms with Gasteiger partial charge in [0, 0.05) is 22.5 Å². The fourth-order valence-electron chi connectivity index (χ4n) is 2.73. The molecule has 0 spiro atoms. The smallest absolute Gasteiger partial charge is 0.269 e. The summed E-state index contributed by atoms with van der Waals surface area (Å²) in [6.45, 7) is 5.97. The van der Waals surface area contributed by atoms with Crippen LogP contribution in [0.3, 0.4) is 0 Å². The van der Waals surface area contributed by atoms with Crippen LogP contribution in [0.1, 0.15) is 39.7 Å². The number of rotatable bonds is 4. The molecule has 1 amide bonds. The van der Waals surface area contributed by atoms with E-state index in [1.807, 2.05) is 47.3 Å². The Balaban J connectivity index is 1.60. The topological polar surface area (TPSA) is 59.3 Å². The molecule has 7 heteroatoms. The van der Waals surface area contributed by atoms with Crippen molar-refractivity contribution in [3.8, 4) is 11.3 Å². The van der Waals surface area contributed by atoms with Crippen molar-refractivity contribution in [3.05, 3.63) is 63.2 Å². The molecule has 4 aromatic rings. The lowest BCUT2D eigenvalue weighted by molar-refractivity contribution is 0.0933. The van der Waals surface area contributed by atoms with E-state index in [0.717, 1.165) is 26.9 Å². The fourth-order valence-corrected chi connectivity index (χ4v) is 4.29. The lowest BCUT2D eigenvalue weighted by Gasteiger charge is -2.10. The van der Waals surface area contributed by atoms with Gasteiger partial charge in [-0.05, 0) is 20.8 Å². The lowest BCUT2D eigenvalue weighted by atomic mass is 10.1. The number of aromatic nitrogens is 3. The van der Waals surface area contributed by atoms with Gasteiger partial charge in [0.05, 0.1) is 22.4 Å². The minimum atomic E-state index is -0.137. The molecule has 5 nitrogen and oxygen atoms in total. The molecule has 0 radical (unpaired) electrons. The first-order chi connectivity index (χ1) is 12.5. The fraction of sp³-hybridized carbons (Fsp3) is 0.211. The van der Waals surface area contributed by atoms with Crippen LogP contribution in [0.4, 0.5) is 0 Å². The lowest BCUT2D eigenvalue weighted by Crippen LogP contribution is -2.27. The number of nitrogens with one attached hydrogen (secondary N) is 1. The molecule has 0 bridgehead atoms. The third kappa shape index (κ3) is 3.15. The Kier molecular flexibility index (Phi) is 4.34. The van der Waals surface area contributed by atoms with E-state index in [-0.39, 0.29) is 11.9 Å². The average molecular weight is 383 g/mol. The number of imidazole rings is 1. The number of nitrogens with zero attached hydrogens (tertiary/aromatic N) is 3. The Hall–Kier alpha value is -2.51. The van der Waals surface area contributed by atoms with Crippen LogP contribution in [0.5, 0.6) is 0 Å². The van der Waals surface area contributed by atoms with Crippen molar-refractivity contribution >= 4 is 33.5 Å². The first-order valence-corrected chi connectivity index (χ1v) is 10.0. The van der Waals surface area contributed by atoms with Crippen LogP contribution in [-0.2, 0) is 0 Å². The minimum Gasteiger partial charge on any atom is -0.343 e. The van der Waals surface area contributed by atoms with Crippen LogP contribution in [0.15, 0.2) is 41.2 Å². The Morgan fingerprint density at radius 3 is 2.58 bits per heavy atom. The predicted octanol–water partition coefficient (Wildman–Crippen LogP) is 4.63. The molecule has 0 aliphatic carbocycles. The molecule has 0 unspecified atom stereocenters. The van der Waals surface area contributed by atoms with E-state index >= 15 is 0 Å². The highest BCUT2D eigenvalue weighted by Crippen LogP contribution is 2.24. The number of carbonyl (C=O) groups excluding carboxylic acids is 1. The van der Waals surface area contributed by atoms with Gasteiger partial charge in [-0.25, -0.2) is 9.97 Å². The number of aryl methyl sites for hydroxylation is 2. The van der Waals surface area contributed by atoms with Gasteiger partial charge in [0.15, 0.2) is 4.96 Å². The summed E-state index contributed by atoms with van der Waals surface area (Å²) in [6.07, 6.45) is 1.92. The zero-order valence-electron chi connectivity index (χ0n) is 14.7. The van der Waals surface area contributed by atoms with Crippen molar-refractivity contribution in [2.24, 2.45) is 0 Å². The second-order valence-electron chi connectivity index (χ2n) is 6.25. The van der Waals surface area contributed by atoms with Crippen molar-refractivity contribution in [1.29, 1.82) is 0 Å². The summed E-state index contributed by atoms with van der Waals surface area (Å²) in [7, 11) is 0. The first kappa shape index (κ1) is 16.9. The van der Waals surface area contributed by atoms with E-state index in [9.17, 15) is 4.79 Å². The van der Waals surface area contributed by atoms with Gasteiger partial charge in [-0.3, -0.25) is 9.20 Å². The maximum Gasteiger partial charge on any atom is 0.269 e. The molecule has 3 heterocycles. The van der Waals surface area contributed by atoms with Crippen molar-refractivity contribution in [1.82, 2.24) is 19.7 Å². The summed E-state index contributed by atoms with van der Waals surface area (Å²) in [5, 5.41) is 7.85. The molecule has 4 rings (SSSR count). The zero-order valence-corrected chi connectivity index (χ0v) is 16.3. The highest BCUT2D eigenvalue weighted by Gasteiger charge is 2.18. The number of carbonyl (C=O) groups is 1. The van der Waals surface area contributed by atoms with E-state index in [0.29, 0.717) is 5.69 Å². The molecular formula is C19H18N4OS2. The summed E-state index contributed by atoms with van der Waals surface area (Å²) >= 11 is 3.05. The predicted molar refractivity (Wildman–Crippen MR) is 106 cm³/mol. The van der Waals surface area contributed by atoms with Crippen molar-refractivity contribution in [3.63, 3.8) is 0 Å². The third-order valence-electron chi connectivity index (χ3n) is 4.22. The van der Waals surface area contributed by atoms with E-state index in [2.05, 4.69) is 34.3 Å². The van der Waals surface area contributed by atoms with Crippen LogP contribution < -0.4 is 5.32 Å². The molecule has 0 fully saturated rings. The molecule has 26 heavy (non-hydrogen) atoms. The van der Waals surface area contributed by atoms with Crippen LogP contribution in [0.25, 0.3) is 16.2 Å². The van der Waals surface area contributed by atoms with E-state index in [4.69, 9.17) is 0 Å². The maximum atomic E-state index is 12.7. The molecule has 0 aliphatic rings. The quantitative estimate of drug-likeness (QED) is 0.560. The minimum absolute atomic E-state index is 0.123. The van der Waals surface area contributed by atoms with Gasteiger partial charge in [-0.1, -0.05) is 29.8 Å². The normalized spacial score (nSPS) is 12.4. The third-order valence-corrected chi connectivity index (χ3v) is 5.85. The Morgan fingerprint density at radius 2 is 1.88 bits per heavy atom. The Labute approximate surface area is 159 Å². The van der Waals surface area contributed by atoms with Gasteiger partial charge < -0.3 is 5.32 Å². The zero-order chi connectivity index (χ0) is 18.3. The van der Waals surface area contributed by atoms with Gasteiger partial charge in [0.2, 0.25) is 0 Å². The van der Waals surface area contributed by atoms with Crippen molar-refractivity contribution in [2.45, 2.75) is 26.8 Å². The van der Waals surface area contributed by atoms with Crippen LogP contribution in [0, 0.1) is 13.8 Å². The molecule has 0 aliphatic heterocycles. The second kappa shape index (κ2) is 6.66. The SMILES string of the molecule is Cc1ccc(-c2cn3c(C(=O)N[C@@H](C)c4csc(C)n4)csc3n2)cc1. The largest absolute Gasteiger partial charge is 0.343 e. The van der Waals surface area contributed by atoms with Crippen LogP contribution >= 0.6 is 22.7 Å². The number of fused-ring (bicyclic) bond motifs is 1. The van der Waals surface area contributed by atoms with Crippen molar-refractivity contribution in [2.75, 3.05) is 0 Å². The summed E-state index contributed by atoms with van der Waals surface area (Å²) in [5.74, 6) is -0.123. The molecule has 1 aromatic carbocycles. The number of thiazole rings is 2. The highest BCUT2D eigenvalue weighted by molar-refractivity contribution is 7.15. The molecular weight excluding hydrogens is 364 g/mol. The molecule has 0 saturated carbocycles.